The normalized spacial score (nSPS) is 11.0. The van der Waals surface area contributed by atoms with E-state index in [2.05, 4.69) is 26.8 Å². The van der Waals surface area contributed by atoms with Crippen molar-refractivity contribution in [2.75, 3.05) is 23.9 Å². The summed E-state index contributed by atoms with van der Waals surface area (Å²) in [6.07, 6.45) is 8.57. The van der Waals surface area contributed by atoms with Crippen molar-refractivity contribution in [1.82, 2.24) is 19.6 Å². The van der Waals surface area contributed by atoms with Gasteiger partial charge in [0, 0.05) is 12.6 Å². The number of thioether (sulfide) groups is 1. The zero-order valence-electron chi connectivity index (χ0n) is 11.1. The van der Waals surface area contributed by atoms with E-state index in [1.807, 2.05) is 11.8 Å². The number of hydrogen-bond acceptors (Lipinski definition) is 5. The Morgan fingerprint density at radius 3 is 3.05 bits per heavy atom. The summed E-state index contributed by atoms with van der Waals surface area (Å²) in [5, 5.41) is 9.54. The molecule has 19 heavy (non-hydrogen) atoms. The summed E-state index contributed by atoms with van der Waals surface area (Å²) in [5.74, 6) is 2.01. The molecule has 104 valence electrons. The Kier molecular flexibility index (Phi) is 5.26. The third-order valence-corrected chi connectivity index (χ3v) is 3.59. The molecule has 0 atom stereocenters. The predicted molar refractivity (Wildman–Crippen MR) is 78.9 cm³/mol. The summed E-state index contributed by atoms with van der Waals surface area (Å²) in [6, 6.07) is 1.77. The quantitative estimate of drug-likeness (QED) is 0.721. The fraction of sp³-hybridized carbons (Fsp3) is 0.583. The lowest BCUT2D eigenvalue weighted by Gasteiger charge is -2.05. The van der Waals surface area contributed by atoms with Crippen LogP contribution >= 0.6 is 11.8 Å². The summed E-state index contributed by atoms with van der Waals surface area (Å²) in [7, 11) is 0. The zero-order valence-corrected chi connectivity index (χ0v) is 11.9. The molecule has 2 rings (SSSR count). The number of unbranched alkanes of at least 4 members (excludes halogenated alkanes) is 3. The van der Waals surface area contributed by atoms with Crippen LogP contribution in [0, 0.1) is 0 Å². The highest BCUT2D eigenvalue weighted by Gasteiger charge is 2.01. The third kappa shape index (κ3) is 3.99. The molecule has 2 aromatic heterocycles. The Morgan fingerprint density at radius 2 is 2.21 bits per heavy atom. The number of aromatic amines is 1. The van der Waals surface area contributed by atoms with Crippen molar-refractivity contribution in [3.63, 3.8) is 0 Å². The van der Waals surface area contributed by atoms with Gasteiger partial charge in [0.1, 0.15) is 12.1 Å². The van der Waals surface area contributed by atoms with Gasteiger partial charge in [0.05, 0.1) is 0 Å². The van der Waals surface area contributed by atoms with Crippen LogP contribution in [0.25, 0.3) is 5.65 Å². The first-order valence-corrected chi connectivity index (χ1v) is 7.86. The molecule has 0 saturated heterocycles. The Morgan fingerprint density at radius 1 is 1.37 bits per heavy atom. The van der Waals surface area contributed by atoms with E-state index in [4.69, 9.17) is 0 Å². The van der Waals surface area contributed by atoms with Crippen molar-refractivity contribution in [3.8, 4) is 0 Å². The highest BCUT2D eigenvalue weighted by molar-refractivity contribution is 7.98. The SMILES string of the molecule is CSCCCCCCNc1cc2n[nH]c(=O)n2cn1. The van der Waals surface area contributed by atoms with Gasteiger partial charge in [-0.25, -0.2) is 19.3 Å². The van der Waals surface area contributed by atoms with Gasteiger partial charge in [-0.05, 0) is 24.9 Å². The number of aromatic nitrogens is 4. The lowest BCUT2D eigenvalue weighted by atomic mass is 10.2. The van der Waals surface area contributed by atoms with Crippen LogP contribution in [0.4, 0.5) is 5.82 Å². The molecule has 2 N–H and O–H groups in total. The van der Waals surface area contributed by atoms with Crippen molar-refractivity contribution in [3.05, 3.63) is 22.9 Å². The summed E-state index contributed by atoms with van der Waals surface area (Å²) in [5.41, 5.74) is 0.324. The van der Waals surface area contributed by atoms with Gasteiger partial charge in [0.2, 0.25) is 0 Å². The fourth-order valence-electron chi connectivity index (χ4n) is 1.85. The number of nitrogens with one attached hydrogen (secondary N) is 2. The van der Waals surface area contributed by atoms with Gasteiger partial charge in [0.15, 0.2) is 5.65 Å². The summed E-state index contributed by atoms with van der Waals surface area (Å²) < 4.78 is 1.38. The largest absolute Gasteiger partial charge is 0.370 e. The molecule has 0 aliphatic rings. The van der Waals surface area contributed by atoms with Gasteiger partial charge in [0.25, 0.3) is 0 Å². The van der Waals surface area contributed by atoms with Crippen molar-refractivity contribution in [2.24, 2.45) is 0 Å². The molecule has 0 aromatic carbocycles. The number of rotatable bonds is 8. The van der Waals surface area contributed by atoms with E-state index in [-0.39, 0.29) is 5.69 Å². The van der Waals surface area contributed by atoms with E-state index in [1.54, 1.807) is 6.07 Å². The van der Waals surface area contributed by atoms with Crippen LogP contribution in [0.15, 0.2) is 17.2 Å². The molecule has 0 bridgehead atoms. The molecule has 0 aliphatic carbocycles. The van der Waals surface area contributed by atoms with Crippen LogP contribution in [0.1, 0.15) is 25.7 Å². The molecule has 0 amide bonds. The molecular formula is C12H19N5OS. The monoisotopic (exact) mass is 281 g/mol. The highest BCUT2D eigenvalue weighted by atomic mass is 32.2. The second-order valence-electron chi connectivity index (χ2n) is 4.36. The van der Waals surface area contributed by atoms with Crippen molar-refractivity contribution >= 4 is 23.2 Å². The van der Waals surface area contributed by atoms with Crippen molar-refractivity contribution < 1.29 is 0 Å². The van der Waals surface area contributed by atoms with Gasteiger partial charge >= 0.3 is 5.69 Å². The van der Waals surface area contributed by atoms with E-state index in [9.17, 15) is 4.79 Å². The van der Waals surface area contributed by atoms with Gasteiger partial charge in [-0.1, -0.05) is 12.8 Å². The number of anilines is 1. The molecule has 2 aromatic rings. The van der Waals surface area contributed by atoms with Crippen LogP contribution in [-0.2, 0) is 0 Å². The maximum Gasteiger partial charge on any atom is 0.348 e. The molecule has 0 unspecified atom stereocenters. The minimum absolute atomic E-state index is 0.261. The van der Waals surface area contributed by atoms with Crippen LogP contribution < -0.4 is 11.0 Å². The Bertz CT molecular complexity index is 564. The summed E-state index contributed by atoms with van der Waals surface area (Å²) in [4.78, 5) is 15.4. The summed E-state index contributed by atoms with van der Waals surface area (Å²) >= 11 is 1.90. The minimum atomic E-state index is -0.261. The number of fused-ring (bicyclic) bond motifs is 1. The molecule has 0 aliphatic heterocycles. The standard InChI is InChI=1S/C12H19N5OS/c1-19-7-5-3-2-4-6-13-10-8-11-15-16-12(18)17(11)9-14-10/h8-9,13H,2-7H2,1H3,(H,16,18). The molecule has 0 spiro atoms. The third-order valence-electron chi connectivity index (χ3n) is 2.89. The topological polar surface area (TPSA) is 75.1 Å². The number of H-pyrrole nitrogens is 1. The van der Waals surface area contributed by atoms with Crippen LogP contribution in [-0.4, -0.2) is 38.1 Å². The molecule has 7 heteroatoms. The first kappa shape index (κ1) is 13.9. The Balaban J connectivity index is 1.74. The predicted octanol–water partition coefficient (Wildman–Crippen LogP) is 1.75. The second-order valence-corrected chi connectivity index (χ2v) is 5.35. The molecule has 6 nitrogen and oxygen atoms in total. The van der Waals surface area contributed by atoms with Gasteiger partial charge < -0.3 is 5.32 Å². The smallest absolute Gasteiger partial charge is 0.348 e. The molecular weight excluding hydrogens is 262 g/mol. The molecule has 0 saturated carbocycles. The van der Waals surface area contributed by atoms with E-state index in [0.717, 1.165) is 18.8 Å². The lowest BCUT2D eigenvalue weighted by Crippen LogP contribution is -2.10. The first-order valence-electron chi connectivity index (χ1n) is 6.47. The maximum absolute atomic E-state index is 11.3. The van der Waals surface area contributed by atoms with Crippen LogP contribution in [0.5, 0.6) is 0 Å². The van der Waals surface area contributed by atoms with E-state index in [1.165, 1.54) is 35.7 Å². The average Bonchev–Trinajstić information content (AvgIpc) is 2.79. The van der Waals surface area contributed by atoms with Crippen LogP contribution in [0.3, 0.4) is 0 Å². The molecule has 0 fully saturated rings. The van der Waals surface area contributed by atoms with Gasteiger partial charge in [-0.3, -0.25) is 0 Å². The maximum atomic E-state index is 11.3. The second kappa shape index (κ2) is 7.18. The van der Waals surface area contributed by atoms with E-state index < -0.39 is 0 Å². The average molecular weight is 281 g/mol. The highest BCUT2D eigenvalue weighted by Crippen LogP contribution is 2.07. The van der Waals surface area contributed by atoms with E-state index >= 15 is 0 Å². The summed E-state index contributed by atoms with van der Waals surface area (Å²) in [6.45, 7) is 0.900. The fourth-order valence-corrected chi connectivity index (χ4v) is 2.34. The zero-order chi connectivity index (χ0) is 13.5. The first-order chi connectivity index (χ1) is 9.31. The van der Waals surface area contributed by atoms with E-state index in [0.29, 0.717) is 5.65 Å². The number of nitrogens with zero attached hydrogens (tertiary/aromatic N) is 3. The lowest BCUT2D eigenvalue weighted by molar-refractivity contribution is 0.688. The Hall–Kier alpha value is -1.50. The van der Waals surface area contributed by atoms with Gasteiger partial charge in [-0.2, -0.15) is 16.9 Å². The molecule has 2 heterocycles. The minimum Gasteiger partial charge on any atom is -0.370 e. The van der Waals surface area contributed by atoms with Crippen LogP contribution in [0.2, 0.25) is 0 Å². The number of hydrogen-bond donors (Lipinski definition) is 2. The molecule has 0 radical (unpaired) electrons. The van der Waals surface area contributed by atoms with Gasteiger partial charge in [-0.15, -0.1) is 0 Å². The van der Waals surface area contributed by atoms with Crippen molar-refractivity contribution in [1.29, 1.82) is 0 Å². The Labute approximate surface area is 116 Å². The van der Waals surface area contributed by atoms with Crippen molar-refractivity contribution in [2.45, 2.75) is 25.7 Å².